The first-order valence-corrected chi connectivity index (χ1v) is 9.85. The van der Waals surface area contributed by atoms with E-state index in [0.717, 1.165) is 16.8 Å². The molecule has 0 unspecified atom stereocenters. The summed E-state index contributed by atoms with van der Waals surface area (Å²) in [5, 5.41) is 14.4. The molecule has 0 spiro atoms. The smallest absolute Gasteiger partial charge is 0.251 e. The van der Waals surface area contributed by atoms with Crippen LogP contribution in [0.4, 0.5) is 5.69 Å². The molecule has 0 bridgehead atoms. The van der Waals surface area contributed by atoms with Crippen molar-refractivity contribution in [3.05, 3.63) is 99.6 Å². The number of carbonyl (C=O) groups excluding carboxylic acids is 2. The van der Waals surface area contributed by atoms with Gasteiger partial charge in [-0.25, -0.2) is 0 Å². The van der Waals surface area contributed by atoms with Crippen LogP contribution in [-0.4, -0.2) is 17.6 Å². The van der Waals surface area contributed by atoms with Crippen molar-refractivity contribution in [2.45, 2.75) is 13.1 Å². The molecular weight excluding hydrogens is 414 g/mol. The molecule has 0 aromatic heterocycles. The van der Waals surface area contributed by atoms with Crippen molar-refractivity contribution in [1.29, 1.82) is 5.41 Å². The maximum Gasteiger partial charge on any atom is 0.251 e. The monoisotopic (exact) mass is 435 g/mol. The number of primary amides is 1. The highest BCUT2D eigenvalue weighted by atomic mass is 35.5. The van der Waals surface area contributed by atoms with Gasteiger partial charge in [0.05, 0.1) is 0 Å². The van der Waals surface area contributed by atoms with E-state index in [0.29, 0.717) is 28.3 Å². The fourth-order valence-electron chi connectivity index (χ4n) is 2.95. The highest BCUT2D eigenvalue weighted by Gasteiger charge is 2.10. The first kappa shape index (κ1) is 21.9. The number of amidine groups is 1. The van der Waals surface area contributed by atoms with E-state index in [1.54, 1.807) is 48.5 Å². The zero-order valence-corrected chi connectivity index (χ0v) is 17.4. The van der Waals surface area contributed by atoms with Crippen molar-refractivity contribution < 1.29 is 9.59 Å². The molecule has 3 aromatic rings. The lowest BCUT2D eigenvalue weighted by Crippen LogP contribution is -2.23. The maximum absolute atomic E-state index is 12.4. The van der Waals surface area contributed by atoms with Crippen molar-refractivity contribution in [2.24, 2.45) is 11.5 Å². The zero-order valence-electron chi connectivity index (χ0n) is 16.6. The van der Waals surface area contributed by atoms with Gasteiger partial charge in [0.15, 0.2) is 0 Å². The Hall–Kier alpha value is -3.84. The number of nitrogens with one attached hydrogen (secondary N) is 3. The molecule has 0 saturated heterocycles. The SMILES string of the molecule is N=C(N)c1ccc(CNC(=O)c2cccc(Cl)c2)c(NCc2ccc(C(N)=O)cc2)c1. The van der Waals surface area contributed by atoms with Crippen LogP contribution >= 0.6 is 11.6 Å². The standard InChI is InChI=1S/C23H22ClN5O2/c24-19-3-1-2-17(10-19)23(31)29-13-18-9-8-16(21(25)26)11-20(18)28-12-14-4-6-15(7-5-14)22(27)30/h1-11,28H,12-13H2,(H3,25,26)(H2,27,30)(H,29,31). The number of rotatable bonds is 8. The molecule has 0 saturated carbocycles. The molecule has 7 nitrogen and oxygen atoms in total. The van der Waals surface area contributed by atoms with Crippen LogP contribution in [-0.2, 0) is 13.1 Å². The molecule has 8 heteroatoms. The molecule has 0 fully saturated rings. The number of hydrogen-bond acceptors (Lipinski definition) is 4. The van der Waals surface area contributed by atoms with Gasteiger partial charge in [-0.3, -0.25) is 15.0 Å². The number of anilines is 1. The van der Waals surface area contributed by atoms with E-state index in [-0.39, 0.29) is 18.3 Å². The quantitative estimate of drug-likeness (QED) is 0.274. The van der Waals surface area contributed by atoms with Gasteiger partial charge in [-0.15, -0.1) is 0 Å². The Morgan fingerprint density at radius 2 is 1.58 bits per heavy atom. The van der Waals surface area contributed by atoms with E-state index in [1.165, 1.54) is 0 Å². The first-order valence-electron chi connectivity index (χ1n) is 9.47. The molecule has 0 aliphatic heterocycles. The first-order chi connectivity index (χ1) is 14.8. The Morgan fingerprint density at radius 3 is 2.23 bits per heavy atom. The summed E-state index contributed by atoms with van der Waals surface area (Å²) in [4.78, 5) is 23.7. The number of carbonyl (C=O) groups is 2. The van der Waals surface area contributed by atoms with Crippen LogP contribution in [0.5, 0.6) is 0 Å². The number of halogens is 1. The number of nitrogens with two attached hydrogens (primary N) is 2. The number of hydrogen-bond donors (Lipinski definition) is 5. The minimum Gasteiger partial charge on any atom is -0.384 e. The molecule has 0 aliphatic rings. The van der Waals surface area contributed by atoms with Crippen LogP contribution in [0.25, 0.3) is 0 Å². The molecule has 2 amide bonds. The van der Waals surface area contributed by atoms with Gasteiger partial charge in [0.1, 0.15) is 5.84 Å². The number of nitrogen functional groups attached to an aromatic ring is 1. The summed E-state index contributed by atoms with van der Waals surface area (Å²) in [6.07, 6.45) is 0. The molecule has 0 atom stereocenters. The van der Waals surface area contributed by atoms with Gasteiger partial charge >= 0.3 is 0 Å². The highest BCUT2D eigenvalue weighted by Crippen LogP contribution is 2.20. The van der Waals surface area contributed by atoms with Crippen molar-refractivity contribution in [1.82, 2.24) is 5.32 Å². The minimum atomic E-state index is -0.480. The number of benzene rings is 3. The van der Waals surface area contributed by atoms with Crippen LogP contribution in [0.1, 0.15) is 37.4 Å². The van der Waals surface area contributed by atoms with Gasteiger partial charge in [-0.2, -0.15) is 0 Å². The second-order valence-corrected chi connectivity index (χ2v) is 7.33. The average molecular weight is 436 g/mol. The van der Waals surface area contributed by atoms with Gasteiger partial charge in [0, 0.05) is 40.5 Å². The predicted molar refractivity (Wildman–Crippen MR) is 122 cm³/mol. The van der Waals surface area contributed by atoms with E-state index in [4.69, 9.17) is 28.5 Å². The number of amides is 2. The summed E-state index contributed by atoms with van der Waals surface area (Å²) in [5.74, 6) is -0.777. The lowest BCUT2D eigenvalue weighted by atomic mass is 10.1. The Labute approximate surface area is 184 Å². The third-order valence-corrected chi connectivity index (χ3v) is 4.90. The Morgan fingerprint density at radius 1 is 0.871 bits per heavy atom. The summed E-state index contributed by atoms with van der Waals surface area (Å²) in [7, 11) is 0. The lowest BCUT2D eigenvalue weighted by molar-refractivity contribution is 0.0949. The molecule has 7 N–H and O–H groups in total. The normalized spacial score (nSPS) is 10.4. The zero-order chi connectivity index (χ0) is 22.4. The van der Waals surface area contributed by atoms with Crippen molar-refractivity contribution in [2.75, 3.05) is 5.32 Å². The third kappa shape index (κ3) is 5.83. The second kappa shape index (κ2) is 9.77. The van der Waals surface area contributed by atoms with E-state index >= 15 is 0 Å². The summed E-state index contributed by atoms with van der Waals surface area (Å²) in [6, 6.07) is 19.0. The second-order valence-electron chi connectivity index (χ2n) is 6.89. The van der Waals surface area contributed by atoms with Gasteiger partial charge in [0.2, 0.25) is 5.91 Å². The van der Waals surface area contributed by atoms with Crippen LogP contribution in [0.15, 0.2) is 66.7 Å². The Balaban J connectivity index is 1.74. The Kier molecular flexibility index (Phi) is 6.89. The van der Waals surface area contributed by atoms with E-state index in [1.807, 2.05) is 18.2 Å². The summed E-state index contributed by atoms with van der Waals surface area (Å²) < 4.78 is 0. The topological polar surface area (TPSA) is 134 Å². The molecule has 3 aromatic carbocycles. The average Bonchev–Trinajstić information content (AvgIpc) is 2.76. The summed E-state index contributed by atoms with van der Waals surface area (Å²) in [6.45, 7) is 0.738. The van der Waals surface area contributed by atoms with E-state index < -0.39 is 5.91 Å². The van der Waals surface area contributed by atoms with Gasteiger partial charge in [-0.05, 0) is 47.5 Å². The molecule has 0 aliphatic carbocycles. The highest BCUT2D eigenvalue weighted by molar-refractivity contribution is 6.30. The molecule has 31 heavy (non-hydrogen) atoms. The molecule has 0 radical (unpaired) electrons. The van der Waals surface area contributed by atoms with Crippen LogP contribution in [0, 0.1) is 5.41 Å². The fourth-order valence-corrected chi connectivity index (χ4v) is 3.14. The van der Waals surface area contributed by atoms with Gasteiger partial charge in [0.25, 0.3) is 5.91 Å². The van der Waals surface area contributed by atoms with Crippen LogP contribution in [0.3, 0.4) is 0 Å². The largest absolute Gasteiger partial charge is 0.384 e. The molecule has 0 heterocycles. The molecule has 3 rings (SSSR count). The maximum atomic E-state index is 12.4. The summed E-state index contributed by atoms with van der Waals surface area (Å²) in [5.41, 5.74) is 14.9. The fraction of sp³-hybridized carbons (Fsp3) is 0.0870. The van der Waals surface area contributed by atoms with Gasteiger partial charge in [-0.1, -0.05) is 41.9 Å². The lowest BCUT2D eigenvalue weighted by Gasteiger charge is -2.15. The van der Waals surface area contributed by atoms with Crippen molar-refractivity contribution in [3.63, 3.8) is 0 Å². The Bertz CT molecular complexity index is 1130. The third-order valence-electron chi connectivity index (χ3n) is 4.67. The molecule has 158 valence electrons. The van der Waals surface area contributed by atoms with Crippen LogP contribution in [0.2, 0.25) is 5.02 Å². The van der Waals surface area contributed by atoms with Crippen molar-refractivity contribution >= 4 is 34.9 Å². The molecular formula is C23H22ClN5O2. The van der Waals surface area contributed by atoms with Crippen LogP contribution < -0.4 is 22.1 Å². The van der Waals surface area contributed by atoms with Gasteiger partial charge < -0.3 is 22.1 Å². The van der Waals surface area contributed by atoms with E-state index in [2.05, 4.69) is 10.6 Å². The van der Waals surface area contributed by atoms with Crippen molar-refractivity contribution in [3.8, 4) is 0 Å². The predicted octanol–water partition coefficient (Wildman–Crippen LogP) is 3.27. The minimum absolute atomic E-state index is 0.0524. The van der Waals surface area contributed by atoms with E-state index in [9.17, 15) is 9.59 Å². The summed E-state index contributed by atoms with van der Waals surface area (Å²) >= 11 is 5.96.